The zero-order valence-electron chi connectivity index (χ0n) is 6.01. The first-order valence-corrected chi connectivity index (χ1v) is 3.39. The third-order valence-corrected chi connectivity index (χ3v) is 1.43. The van der Waals surface area contributed by atoms with E-state index in [1.54, 1.807) is 0 Å². The Morgan fingerprint density at radius 1 is 1.20 bits per heavy atom. The first kappa shape index (κ1) is 7.18. The highest BCUT2D eigenvalue weighted by Gasteiger charge is 1.93. The van der Waals surface area contributed by atoms with E-state index in [-0.39, 0.29) is 0 Å². The normalized spacial score (nSPS) is 9.80. The van der Waals surface area contributed by atoms with Crippen LogP contribution in [0.4, 0.5) is 0 Å². The summed E-state index contributed by atoms with van der Waals surface area (Å²) < 4.78 is 0. The quantitative estimate of drug-likeness (QED) is 0.518. The van der Waals surface area contributed by atoms with Crippen LogP contribution in [0.1, 0.15) is 11.3 Å². The summed E-state index contributed by atoms with van der Waals surface area (Å²) in [6, 6.07) is 4.04. The highest BCUT2D eigenvalue weighted by Crippen LogP contribution is 1.96. The van der Waals surface area contributed by atoms with Gasteiger partial charge < -0.3 is 11.5 Å². The van der Waals surface area contributed by atoms with Crippen molar-refractivity contribution in [1.82, 2.24) is 4.98 Å². The van der Waals surface area contributed by atoms with Gasteiger partial charge >= 0.3 is 0 Å². The van der Waals surface area contributed by atoms with Crippen molar-refractivity contribution in [3.63, 3.8) is 0 Å². The zero-order chi connectivity index (χ0) is 7.40. The van der Waals surface area contributed by atoms with Gasteiger partial charge in [0.1, 0.15) is 13.1 Å². The fourth-order valence-corrected chi connectivity index (χ4v) is 0.751. The molecule has 0 aliphatic rings. The molecule has 0 bridgehead atoms. The van der Waals surface area contributed by atoms with Crippen LogP contribution in [-0.2, 0) is 13.1 Å². The Hall–Kier alpha value is -0.930. The van der Waals surface area contributed by atoms with E-state index in [0.29, 0.717) is 0 Å². The van der Waals surface area contributed by atoms with Crippen LogP contribution < -0.4 is 11.5 Å². The molecule has 1 aromatic heterocycles. The molecule has 0 saturated heterocycles. The molecule has 1 rings (SSSR count). The first-order chi connectivity index (χ1) is 4.86. The standard InChI is InChI=1S/C7H11N3/c8-3-6-1-2-7(4-9)10-5-6/h1-2,5H,3-4,8-9H2/p+2. The maximum absolute atomic E-state index is 4.17. The molecule has 0 fully saturated rings. The van der Waals surface area contributed by atoms with E-state index in [9.17, 15) is 0 Å². The average Bonchev–Trinajstić information content (AvgIpc) is 2.05. The van der Waals surface area contributed by atoms with Crippen LogP contribution >= 0.6 is 0 Å². The SMILES string of the molecule is [NH3+]Cc1ccc(C[NH3+])nc1. The number of quaternary nitrogens is 2. The summed E-state index contributed by atoms with van der Waals surface area (Å²) >= 11 is 0. The topological polar surface area (TPSA) is 68.2 Å². The van der Waals surface area contributed by atoms with Gasteiger partial charge in [-0.1, -0.05) is 0 Å². The van der Waals surface area contributed by atoms with Gasteiger partial charge in [0.2, 0.25) is 0 Å². The van der Waals surface area contributed by atoms with E-state index in [1.807, 2.05) is 18.3 Å². The van der Waals surface area contributed by atoms with Gasteiger partial charge in [-0.2, -0.15) is 0 Å². The predicted molar refractivity (Wildman–Crippen MR) is 37.4 cm³/mol. The van der Waals surface area contributed by atoms with Crippen molar-refractivity contribution in [1.29, 1.82) is 0 Å². The molecule has 0 aromatic carbocycles. The van der Waals surface area contributed by atoms with Crippen LogP contribution in [0.3, 0.4) is 0 Å². The summed E-state index contributed by atoms with van der Waals surface area (Å²) in [4.78, 5) is 4.17. The molecule has 0 aliphatic heterocycles. The van der Waals surface area contributed by atoms with Crippen LogP contribution in [0, 0.1) is 0 Å². The lowest BCUT2D eigenvalue weighted by molar-refractivity contribution is -0.388. The fourth-order valence-electron chi connectivity index (χ4n) is 0.751. The van der Waals surface area contributed by atoms with Crippen LogP contribution in [0.15, 0.2) is 18.3 Å². The van der Waals surface area contributed by atoms with Gasteiger partial charge in [0, 0.05) is 11.8 Å². The Balaban J connectivity index is 2.80. The highest BCUT2D eigenvalue weighted by atomic mass is 14.7. The number of rotatable bonds is 2. The van der Waals surface area contributed by atoms with Gasteiger partial charge in [0.25, 0.3) is 0 Å². The third kappa shape index (κ3) is 1.52. The maximum Gasteiger partial charge on any atom is 0.117 e. The van der Waals surface area contributed by atoms with E-state index in [0.717, 1.165) is 18.8 Å². The van der Waals surface area contributed by atoms with E-state index in [4.69, 9.17) is 0 Å². The molecule has 0 amide bonds. The Morgan fingerprint density at radius 2 is 2.00 bits per heavy atom. The number of hydrogen-bond acceptors (Lipinski definition) is 1. The predicted octanol–water partition coefficient (Wildman–Crippen LogP) is -1.43. The Morgan fingerprint density at radius 3 is 2.40 bits per heavy atom. The van der Waals surface area contributed by atoms with Gasteiger partial charge in [-0.3, -0.25) is 4.98 Å². The highest BCUT2D eigenvalue weighted by molar-refractivity contribution is 5.11. The van der Waals surface area contributed by atoms with Gasteiger partial charge in [0.05, 0.1) is 5.69 Å². The lowest BCUT2D eigenvalue weighted by atomic mass is 10.2. The van der Waals surface area contributed by atoms with Crippen LogP contribution in [0.2, 0.25) is 0 Å². The molecular weight excluding hydrogens is 126 g/mol. The molecule has 0 spiro atoms. The molecule has 6 N–H and O–H groups in total. The van der Waals surface area contributed by atoms with Crippen LogP contribution in [-0.4, -0.2) is 4.98 Å². The number of aromatic nitrogens is 1. The summed E-state index contributed by atoms with van der Waals surface area (Å²) in [5, 5.41) is 0. The second kappa shape index (κ2) is 3.29. The van der Waals surface area contributed by atoms with Crippen molar-refractivity contribution in [3.8, 4) is 0 Å². The molecule has 3 nitrogen and oxygen atoms in total. The molecule has 1 heterocycles. The summed E-state index contributed by atoms with van der Waals surface area (Å²) in [6.07, 6.45) is 1.85. The van der Waals surface area contributed by atoms with Crippen molar-refractivity contribution in [2.75, 3.05) is 0 Å². The van der Waals surface area contributed by atoms with E-state index in [2.05, 4.69) is 16.5 Å². The molecule has 0 saturated carbocycles. The van der Waals surface area contributed by atoms with Gasteiger partial charge in [-0.05, 0) is 12.1 Å². The smallest absolute Gasteiger partial charge is 0.117 e. The second-order valence-electron chi connectivity index (χ2n) is 2.16. The van der Waals surface area contributed by atoms with Gasteiger partial charge in [-0.15, -0.1) is 0 Å². The third-order valence-electron chi connectivity index (χ3n) is 1.43. The van der Waals surface area contributed by atoms with Crippen molar-refractivity contribution in [2.24, 2.45) is 0 Å². The van der Waals surface area contributed by atoms with Gasteiger partial charge in [0.15, 0.2) is 0 Å². The summed E-state index contributed by atoms with van der Waals surface area (Å²) in [5.41, 5.74) is 9.71. The molecular formula is C7H13N3+2. The maximum atomic E-state index is 4.17. The summed E-state index contributed by atoms with van der Waals surface area (Å²) in [7, 11) is 0. The van der Waals surface area contributed by atoms with E-state index in [1.165, 1.54) is 5.56 Å². The molecule has 3 heteroatoms. The summed E-state index contributed by atoms with van der Waals surface area (Å²) in [6.45, 7) is 1.57. The zero-order valence-corrected chi connectivity index (χ0v) is 6.01. The molecule has 0 unspecified atom stereocenters. The fraction of sp³-hybridized carbons (Fsp3) is 0.286. The number of nitrogens with zero attached hydrogens (tertiary/aromatic N) is 1. The molecule has 0 aliphatic carbocycles. The first-order valence-electron chi connectivity index (χ1n) is 3.39. The minimum absolute atomic E-state index is 0.761. The van der Waals surface area contributed by atoms with Crippen molar-refractivity contribution < 1.29 is 11.5 Å². The van der Waals surface area contributed by atoms with Crippen molar-refractivity contribution in [2.45, 2.75) is 13.1 Å². The Labute approximate surface area is 60.1 Å². The molecule has 1 aromatic rings. The van der Waals surface area contributed by atoms with E-state index < -0.39 is 0 Å². The van der Waals surface area contributed by atoms with Crippen molar-refractivity contribution >= 4 is 0 Å². The lowest BCUT2D eigenvalue weighted by Crippen LogP contribution is -2.48. The lowest BCUT2D eigenvalue weighted by Gasteiger charge is -1.93. The van der Waals surface area contributed by atoms with E-state index >= 15 is 0 Å². The minimum Gasteiger partial charge on any atom is -0.354 e. The molecule has 54 valence electrons. The van der Waals surface area contributed by atoms with Crippen molar-refractivity contribution in [3.05, 3.63) is 29.6 Å². The Bertz CT molecular complexity index is 170. The monoisotopic (exact) mass is 139 g/mol. The molecule has 0 atom stereocenters. The van der Waals surface area contributed by atoms with Crippen LogP contribution in [0.25, 0.3) is 0 Å². The summed E-state index contributed by atoms with van der Waals surface area (Å²) in [5.74, 6) is 0. The minimum atomic E-state index is 0.761. The largest absolute Gasteiger partial charge is 0.354 e. The molecule has 0 radical (unpaired) electrons. The number of pyridine rings is 1. The number of hydrogen-bond donors (Lipinski definition) is 2. The Kier molecular flexibility index (Phi) is 2.36. The molecule has 10 heavy (non-hydrogen) atoms. The van der Waals surface area contributed by atoms with Crippen LogP contribution in [0.5, 0.6) is 0 Å². The second-order valence-corrected chi connectivity index (χ2v) is 2.16. The van der Waals surface area contributed by atoms with Gasteiger partial charge in [-0.25, -0.2) is 0 Å². The average molecular weight is 139 g/mol.